The second-order valence-electron chi connectivity index (χ2n) is 5.95. The van der Waals surface area contributed by atoms with Gasteiger partial charge in [-0.2, -0.15) is 5.21 Å². The van der Waals surface area contributed by atoms with Crippen molar-refractivity contribution in [1.29, 1.82) is 0 Å². The van der Waals surface area contributed by atoms with Crippen molar-refractivity contribution in [3.05, 3.63) is 36.4 Å². The Labute approximate surface area is 167 Å². The van der Waals surface area contributed by atoms with Gasteiger partial charge in [0.2, 0.25) is 5.82 Å². The van der Waals surface area contributed by atoms with E-state index in [9.17, 15) is 4.21 Å². The van der Waals surface area contributed by atoms with Crippen molar-refractivity contribution >= 4 is 37.7 Å². The van der Waals surface area contributed by atoms with Gasteiger partial charge in [0.15, 0.2) is 5.13 Å². The Bertz CT molecular complexity index is 1130. The highest BCUT2D eigenvalue weighted by Crippen LogP contribution is 2.39. The van der Waals surface area contributed by atoms with Gasteiger partial charge in [-0.15, -0.1) is 10.2 Å². The van der Waals surface area contributed by atoms with Crippen molar-refractivity contribution in [1.82, 2.24) is 25.6 Å². The van der Waals surface area contributed by atoms with Crippen LogP contribution in [0.15, 0.2) is 41.3 Å². The van der Waals surface area contributed by atoms with Gasteiger partial charge in [0.25, 0.3) is 0 Å². The van der Waals surface area contributed by atoms with Crippen LogP contribution in [0.1, 0.15) is 6.42 Å². The standard InChI is InChI=1S/C17H18N8OS2/c18-8-3-9-20-17-21-15-11(5-1-6-12(15)27-17)10-4-2-7-13(28(19)26)14(10)16-22-24-25-23-16/h1-2,4-7H,3,8-9,18-19H2,(H,20,21)(H,22,23,24,25). The lowest BCUT2D eigenvalue weighted by molar-refractivity contribution is 0.684. The van der Waals surface area contributed by atoms with E-state index < -0.39 is 11.0 Å². The summed E-state index contributed by atoms with van der Waals surface area (Å²) >= 11 is 1.57. The first-order valence-corrected chi connectivity index (χ1v) is 10.6. The molecule has 0 amide bonds. The number of nitrogens with two attached hydrogens (primary N) is 2. The smallest absolute Gasteiger partial charge is 0.206 e. The van der Waals surface area contributed by atoms with Crippen LogP contribution in [0.2, 0.25) is 0 Å². The number of para-hydroxylation sites is 1. The summed E-state index contributed by atoms with van der Waals surface area (Å²) in [5.74, 6) is 0.331. The number of nitrogens with zero attached hydrogens (tertiary/aromatic N) is 4. The summed E-state index contributed by atoms with van der Waals surface area (Å²) in [7, 11) is -1.71. The van der Waals surface area contributed by atoms with Crippen molar-refractivity contribution in [2.24, 2.45) is 10.9 Å². The fourth-order valence-corrected chi connectivity index (χ4v) is 4.49. The average molecular weight is 415 g/mol. The molecule has 0 bridgehead atoms. The van der Waals surface area contributed by atoms with Crippen molar-refractivity contribution in [2.75, 3.05) is 18.4 Å². The number of rotatable bonds is 7. The lowest BCUT2D eigenvalue weighted by Crippen LogP contribution is -2.08. The zero-order valence-corrected chi connectivity index (χ0v) is 16.4. The van der Waals surface area contributed by atoms with E-state index in [2.05, 4.69) is 25.9 Å². The number of H-pyrrole nitrogens is 1. The second kappa shape index (κ2) is 8.10. The van der Waals surface area contributed by atoms with Crippen LogP contribution in [-0.2, 0) is 11.0 Å². The number of benzene rings is 2. The Morgan fingerprint density at radius 1 is 1.18 bits per heavy atom. The van der Waals surface area contributed by atoms with Gasteiger partial charge in [0.05, 0.1) is 15.1 Å². The summed E-state index contributed by atoms with van der Waals surface area (Å²) in [4.78, 5) is 5.19. The molecule has 0 aliphatic rings. The van der Waals surface area contributed by atoms with Gasteiger partial charge < -0.3 is 11.1 Å². The topological polar surface area (TPSA) is 148 Å². The predicted molar refractivity (Wildman–Crippen MR) is 111 cm³/mol. The molecule has 4 aromatic rings. The molecule has 0 radical (unpaired) electrons. The van der Waals surface area contributed by atoms with Gasteiger partial charge >= 0.3 is 0 Å². The Balaban J connectivity index is 1.89. The lowest BCUT2D eigenvalue weighted by Gasteiger charge is -2.11. The highest BCUT2D eigenvalue weighted by molar-refractivity contribution is 7.82. The number of nitrogens with one attached hydrogen (secondary N) is 2. The minimum Gasteiger partial charge on any atom is -0.361 e. The number of anilines is 1. The molecule has 144 valence electrons. The molecular weight excluding hydrogens is 396 g/mol. The summed E-state index contributed by atoms with van der Waals surface area (Å²) in [5.41, 5.74) is 8.65. The Hall–Kier alpha value is -2.73. The largest absolute Gasteiger partial charge is 0.361 e. The number of thiazole rings is 1. The minimum atomic E-state index is -1.71. The Kier molecular flexibility index (Phi) is 5.39. The number of hydrogen-bond donors (Lipinski definition) is 4. The molecule has 2 heterocycles. The van der Waals surface area contributed by atoms with Crippen LogP contribution in [0, 0.1) is 0 Å². The Morgan fingerprint density at radius 2 is 2.00 bits per heavy atom. The number of fused-ring (bicyclic) bond motifs is 1. The zero-order chi connectivity index (χ0) is 19.5. The van der Waals surface area contributed by atoms with E-state index in [0.29, 0.717) is 22.8 Å². The monoisotopic (exact) mass is 414 g/mol. The number of hydrogen-bond acceptors (Lipinski definition) is 8. The number of aromatic amines is 1. The molecule has 28 heavy (non-hydrogen) atoms. The second-order valence-corrected chi connectivity index (χ2v) is 8.02. The molecule has 2 aromatic heterocycles. The minimum absolute atomic E-state index is 0.331. The summed E-state index contributed by atoms with van der Waals surface area (Å²) in [6, 6.07) is 11.4. The van der Waals surface area contributed by atoms with E-state index in [0.717, 1.165) is 39.4 Å². The van der Waals surface area contributed by atoms with E-state index in [4.69, 9.17) is 15.9 Å². The fourth-order valence-electron chi connectivity index (χ4n) is 2.96. The molecule has 1 unspecified atom stereocenters. The van der Waals surface area contributed by atoms with Crippen LogP contribution in [0.4, 0.5) is 5.13 Å². The first-order valence-electron chi connectivity index (χ1n) is 8.56. The van der Waals surface area contributed by atoms with E-state index in [1.807, 2.05) is 30.3 Å². The average Bonchev–Trinajstić information content (AvgIpc) is 3.37. The normalized spacial score (nSPS) is 12.4. The fraction of sp³-hybridized carbons (Fsp3) is 0.176. The number of aromatic nitrogens is 5. The lowest BCUT2D eigenvalue weighted by atomic mass is 9.98. The van der Waals surface area contributed by atoms with Gasteiger partial charge in [0, 0.05) is 17.7 Å². The molecule has 0 saturated carbocycles. The molecule has 6 N–H and O–H groups in total. The highest BCUT2D eigenvalue weighted by atomic mass is 32.2. The quantitative estimate of drug-likeness (QED) is 0.337. The SMILES string of the molecule is NCCCNc1nc2c(-c3cccc(S(N)=O)c3-c3nn[nH]n3)cccc2s1. The molecular formula is C17H18N8OS2. The molecule has 1 atom stereocenters. The summed E-state index contributed by atoms with van der Waals surface area (Å²) < 4.78 is 13.2. The molecule has 11 heteroatoms. The summed E-state index contributed by atoms with van der Waals surface area (Å²) in [6.45, 7) is 1.39. The summed E-state index contributed by atoms with van der Waals surface area (Å²) in [6.07, 6.45) is 0.870. The van der Waals surface area contributed by atoms with Crippen molar-refractivity contribution in [3.8, 4) is 22.5 Å². The van der Waals surface area contributed by atoms with E-state index in [-0.39, 0.29) is 0 Å². The molecule has 0 saturated heterocycles. The van der Waals surface area contributed by atoms with E-state index in [1.165, 1.54) is 0 Å². The van der Waals surface area contributed by atoms with Gasteiger partial charge in [-0.1, -0.05) is 35.6 Å². The van der Waals surface area contributed by atoms with Gasteiger partial charge in [0.1, 0.15) is 11.0 Å². The third-order valence-electron chi connectivity index (χ3n) is 4.18. The molecule has 0 aliphatic heterocycles. The Morgan fingerprint density at radius 3 is 2.75 bits per heavy atom. The van der Waals surface area contributed by atoms with Crippen molar-refractivity contribution in [2.45, 2.75) is 11.3 Å². The van der Waals surface area contributed by atoms with Gasteiger partial charge in [-0.05, 0) is 35.9 Å². The first-order chi connectivity index (χ1) is 13.7. The zero-order valence-electron chi connectivity index (χ0n) is 14.8. The molecule has 0 spiro atoms. The molecule has 2 aromatic carbocycles. The van der Waals surface area contributed by atoms with E-state index in [1.54, 1.807) is 17.4 Å². The molecule has 4 rings (SSSR count). The molecule has 0 aliphatic carbocycles. The summed E-state index contributed by atoms with van der Waals surface area (Å²) in [5, 5.41) is 24.1. The van der Waals surface area contributed by atoms with Crippen molar-refractivity contribution < 1.29 is 4.21 Å². The van der Waals surface area contributed by atoms with Gasteiger partial charge in [-0.25, -0.2) is 14.3 Å². The van der Waals surface area contributed by atoms with Crippen LogP contribution >= 0.6 is 11.3 Å². The highest BCUT2D eigenvalue weighted by Gasteiger charge is 2.20. The molecule has 0 fully saturated rings. The van der Waals surface area contributed by atoms with Crippen LogP contribution in [0.5, 0.6) is 0 Å². The van der Waals surface area contributed by atoms with E-state index >= 15 is 0 Å². The first kappa shape index (κ1) is 18.6. The van der Waals surface area contributed by atoms with Crippen LogP contribution in [-0.4, -0.2) is 42.9 Å². The predicted octanol–water partition coefficient (Wildman–Crippen LogP) is 1.89. The van der Waals surface area contributed by atoms with Crippen LogP contribution < -0.4 is 16.2 Å². The maximum atomic E-state index is 12.1. The maximum Gasteiger partial charge on any atom is 0.206 e. The van der Waals surface area contributed by atoms with Crippen LogP contribution in [0.25, 0.3) is 32.7 Å². The third kappa shape index (κ3) is 3.52. The molecule has 9 nitrogen and oxygen atoms in total. The van der Waals surface area contributed by atoms with Gasteiger partial charge in [-0.3, -0.25) is 0 Å². The maximum absolute atomic E-state index is 12.1. The number of tetrazole rings is 1. The van der Waals surface area contributed by atoms with Crippen LogP contribution in [0.3, 0.4) is 0 Å². The third-order valence-corrected chi connectivity index (χ3v) is 5.93. The van der Waals surface area contributed by atoms with Crippen molar-refractivity contribution in [3.63, 3.8) is 0 Å².